The fraction of sp³-hybridized carbons (Fsp3) is 0.167. The third kappa shape index (κ3) is 12.1. The maximum absolute atomic E-state index is 2.99. The van der Waals surface area contributed by atoms with Gasteiger partial charge in [0.2, 0.25) is 0 Å². The van der Waals surface area contributed by atoms with Crippen LogP contribution in [0.5, 0.6) is 0 Å². The Labute approximate surface area is 84.5 Å². The fourth-order valence-corrected chi connectivity index (χ4v) is 0.340. The number of halogens is 2. The van der Waals surface area contributed by atoms with Crippen molar-refractivity contribution in [1.29, 1.82) is 0 Å². The van der Waals surface area contributed by atoms with Gasteiger partial charge in [0.15, 0.2) is 0 Å². The first kappa shape index (κ1) is 22.6. The standard InChI is InChI=1S/C5H5.CH3.2ClH.Ti/c1-2-4-5-3-1;;;;/h1-3H,4H2;1H3;2*1H;/q2*-1;;;+4/p-2. The maximum atomic E-state index is 2.99. The van der Waals surface area contributed by atoms with Gasteiger partial charge < -0.3 is 32.2 Å². The summed E-state index contributed by atoms with van der Waals surface area (Å²) in [6.07, 6.45) is 10.0. The monoisotopic (exact) mass is 198 g/mol. The molecule has 50 valence electrons. The predicted molar refractivity (Wildman–Crippen MR) is 28.0 cm³/mol. The molecule has 0 nitrogen and oxygen atoms in total. The van der Waals surface area contributed by atoms with Crippen molar-refractivity contribution in [2.24, 2.45) is 0 Å². The van der Waals surface area contributed by atoms with Crippen molar-refractivity contribution in [3.63, 3.8) is 0 Å². The first-order chi connectivity index (χ1) is 2.50. The third-order valence-electron chi connectivity index (χ3n) is 0.586. The van der Waals surface area contributed by atoms with Crippen LogP contribution in [0, 0.1) is 13.5 Å². The van der Waals surface area contributed by atoms with Crippen molar-refractivity contribution < 1.29 is 46.5 Å². The van der Waals surface area contributed by atoms with Gasteiger partial charge in [-0.2, -0.15) is 6.08 Å². The van der Waals surface area contributed by atoms with Gasteiger partial charge in [-0.25, -0.2) is 12.2 Å². The Morgan fingerprint density at radius 1 is 1.22 bits per heavy atom. The first-order valence-electron chi connectivity index (χ1n) is 1.72. The SMILES string of the molecule is [C-]1=CC=CC1.[CH3-].[Cl-].[Cl-].[Ti+4]. The molecule has 0 aromatic heterocycles. The molecule has 3 heteroatoms. The van der Waals surface area contributed by atoms with Crippen LogP contribution < -0.4 is 24.8 Å². The molecule has 0 aromatic rings. The van der Waals surface area contributed by atoms with E-state index in [0.717, 1.165) is 6.42 Å². The topological polar surface area (TPSA) is 0 Å². The summed E-state index contributed by atoms with van der Waals surface area (Å²) in [6.45, 7) is 0. The summed E-state index contributed by atoms with van der Waals surface area (Å²) < 4.78 is 0. The minimum absolute atomic E-state index is 0. The molecule has 0 heterocycles. The van der Waals surface area contributed by atoms with Crippen LogP contribution in [0.15, 0.2) is 18.2 Å². The number of allylic oxidation sites excluding steroid dienone is 4. The van der Waals surface area contributed by atoms with E-state index in [2.05, 4.69) is 12.2 Å². The van der Waals surface area contributed by atoms with E-state index >= 15 is 0 Å². The summed E-state index contributed by atoms with van der Waals surface area (Å²) in [6, 6.07) is 0. The Morgan fingerprint density at radius 3 is 1.89 bits per heavy atom. The molecule has 0 aliphatic heterocycles. The molecule has 0 spiro atoms. The molecule has 0 aromatic carbocycles. The van der Waals surface area contributed by atoms with Crippen LogP contribution >= 0.6 is 0 Å². The molecule has 0 unspecified atom stereocenters. The van der Waals surface area contributed by atoms with Crippen molar-refractivity contribution in [1.82, 2.24) is 0 Å². The summed E-state index contributed by atoms with van der Waals surface area (Å²) >= 11 is 0. The van der Waals surface area contributed by atoms with Crippen molar-refractivity contribution in [3.8, 4) is 0 Å². The minimum Gasteiger partial charge on any atom is -1.00 e. The van der Waals surface area contributed by atoms with E-state index in [0.29, 0.717) is 0 Å². The summed E-state index contributed by atoms with van der Waals surface area (Å²) in [5.41, 5.74) is 0. The van der Waals surface area contributed by atoms with Crippen molar-refractivity contribution >= 4 is 0 Å². The van der Waals surface area contributed by atoms with Crippen LogP contribution in [-0.4, -0.2) is 0 Å². The quantitative estimate of drug-likeness (QED) is 0.274. The van der Waals surface area contributed by atoms with Crippen LogP contribution in [0.4, 0.5) is 0 Å². The van der Waals surface area contributed by atoms with Crippen LogP contribution in [-0.2, 0) is 21.7 Å². The molecule has 0 amide bonds. The van der Waals surface area contributed by atoms with Crippen LogP contribution in [0.25, 0.3) is 0 Å². The van der Waals surface area contributed by atoms with Gasteiger partial charge >= 0.3 is 21.7 Å². The van der Waals surface area contributed by atoms with E-state index in [1.807, 2.05) is 12.2 Å². The Morgan fingerprint density at radius 2 is 1.78 bits per heavy atom. The molecule has 1 aliphatic rings. The van der Waals surface area contributed by atoms with Crippen LogP contribution in [0.2, 0.25) is 0 Å². The van der Waals surface area contributed by atoms with Gasteiger partial charge in [-0.3, -0.25) is 6.08 Å². The summed E-state index contributed by atoms with van der Waals surface area (Å²) in [5.74, 6) is 0. The van der Waals surface area contributed by atoms with Gasteiger partial charge in [-0.15, -0.1) is 6.42 Å². The fourth-order valence-electron chi connectivity index (χ4n) is 0.340. The average Bonchev–Trinajstić information content (AvgIpc) is 1.76. The zero-order valence-corrected chi connectivity index (χ0v) is 8.27. The van der Waals surface area contributed by atoms with Gasteiger partial charge in [-0.1, -0.05) is 0 Å². The van der Waals surface area contributed by atoms with Gasteiger partial charge in [0, 0.05) is 0 Å². The molecular formula is C6H8Cl2Ti. The van der Waals surface area contributed by atoms with E-state index in [4.69, 9.17) is 0 Å². The molecule has 0 saturated heterocycles. The van der Waals surface area contributed by atoms with Gasteiger partial charge in [-0.05, 0) is 0 Å². The number of hydrogen-bond acceptors (Lipinski definition) is 0. The molecule has 0 saturated carbocycles. The molecule has 0 atom stereocenters. The smallest absolute Gasteiger partial charge is 1.00 e. The second-order valence-electron chi connectivity index (χ2n) is 1.00. The van der Waals surface area contributed by atoms with Crippen molar-refractivity contribution in [2.45, 2.75) is 6.42 Å². The molecule has 0 radical (unpaired) electrons. The second kappa shape index (κ2) is 15.9. The molecule has 0 bridgehead atoms. The molecule has 9 heavy (non-hydrogen) atoms. The Bertz CT molecular complexity index is 69.1. The molecule has 0 N–H and O–H groups in total. The largest absolute Gasteiger partial charge is 4.00 e. The normalized spacial score (nSPS) is 9.78. The van der Waals surface area contributed by atoms with E-state index in [-0.39, 0.29) is 54.0 Å². The van der Waals surface area contributed by atoms with E-state index in [9.17, 15) is 0 Å². The zero-order chi connectivity index (χ0) is 3.54. The summed E-state index contributed by atoms with van der Waals surface area (Å²) in [5, 5.41) is 0. The third-order valence-corrected chi connectivity index (χ3v) is 0.586. The van der Waals surface area contributed by atoms with E-state index in [1.54, 1.807) is 0 Å². The van der Waals surface area contributed by atoms with Gasteiger partial charge in [0.25, 0.3) is 0 Å². The Kier molecular flexibility index (Phi) is 39.9. The molecule has 1 rings (SSSR count). The second-order valence-corrected chi connectivity index (χ2v) is 1.00. The van der Waals surface area contributed by atoms with Crippen molar-refractivity contribution in [2.75, 3.05) is 0 Å². The number of hydrogen-bond donors (Lipinski definition) is 0. The predicted octanol–water partition coefficient (Wildman–Crippen LogP) is -4.24. The minimum atomic E-state index is 0. The van der Waals surface area contributed by atoms with E-state index < -0.39 is 0 Å². The average molecular weight is 199 g/mol. The summed E-state index contributed by atoms with van der Waals surface area (Å²) in [7, 11) is 0. The molecule has 1 aliphatic carbocycles. The van der Waals surface area contributed by atoms with Crippen LogP contribution in [0.3, 0.4) is 0 Å². The Balaban J connectivity index is -0.0000000312. The number of rotatable bonds is 0. The van der Waals surface area contributed by atoms with Crippen LogP contribution in [0.1, 0.15) is 6.42 Å². The zero-order valence-electron chi connectivity index (χ0n) is 5.20. The van der Waals surface area contributed by atoms with Gasteiger partial charge in [0.1, 0.15) is 0 Å². The Hall–Kier alpha value is 0.774. The first-order valence-corrected chi connectivity index (χ1v) is 1.72. The summed E-state index contributed by atoms with van der Waals surface area (Å²) in [4.78, 5) is 0. The molecule has 0 fully saturated rings. The van der Waals surface area contributed by atoms with Gasteiger partial charge in [0.05, 0.1) is 0 Å². The molecular weight excluding hydrogens is 191 g/mol. The van der Waals surface area contributed by atoms with E-state index in [1.165, 1.54) is 0 Å². The van der Waals surface area contributed by atoms with Crippen molar-refractivity contribution in [3.05, 3.63) is 31.7 Å². The maximum Gasteiger partial charge on any atom is 4.00 e.